The van der Waals surface area contributed by atoms with Gasteiger partial charge < -0.3 is 5.32 Å². The van der Waals surface area contributed by atoms with Crippen LogP contribution in [-0.2, 0) is 14.8 Å². The molecule has 1 N–H and O–H groups in total. The summed E-state index contributed by atoms with van der Waals surface area (Å²) in [6.07, 6.45) is 6.05. The molecule has 0 radical (unpaired) electrons. The minimum absolute atomic E-state index is 0.146. The monoisotopic (exact) mass is 468 g/mol. The number of nitrogens with zero attached hydrogens (tertiary/aromatic N) is 1. The van der Waals surface area contributed by atoms with E-state index >= 15 is 0 Å². The van der Waals surface area contributed by atoms with E-state index in [9.17, 15) is 13.2 Å². The third kappa shape index (κ3) is 5.75. The van der Waals surface area contributed by atoms with E-state index in [1.807, 2.05) is 36.4 Å². The van der Waals surface area contributed by atoms with Crippen LogP contribution in [-0.4, -0.2) is 44.0 Å². The molecule has 3 rings (SSSR count). The number of hydrogen-bond donors (Lipinski definition) is 1. The smallest absolute Gasteiger partial charge is 0.244 e. The van der Waals surface area contributed by atoms with Crippen LogP contribution in [0, 0.1) is 0 Å². The largest absolute Gasteiger partial charge is 0.348 e. The summed E-state index contributed by atoms with van der Waals surface area (Å²) >= 11 is 5.04. The first-order valence-electron chi connectivity index (χ1n) is 8.61. The highest BCUT2D eigenvalue weighted by molar-refractivity contribution is 9.10. The zero-order chi connectivity index (χ0) is 19.4. The Kier molecular flexibility index (Phi) is 6.52. The lowest BCUT2D eigenvalue weighted by molar-refractivity contribution is -0.117. The minimum atomic E-state index is -3.21. The first-order valence-corrected chi connectivity index (χ1v) is 12.1. The standard InChI is InChI=1S/C19H21BrN2O3S2/c1-27(24,25)22-12-2-3-16(13-22)21-19(23)11-9-17-8-10-18(26-17)14-4-6-15(20)7-5-14/h4-11,16H,2-3,12-13H2,1H3,(H,21,23)/b11-9+. The van der Waals surface area contributed by atoms with E-state index in [-0.39, 0.29) is 11.9 Å². The van der Waals surface area contributed by atoms with Crippen molar-refractivity contribution >= 4 is 49.3 Å². The van der Waals surface area contributed by atoms with Gasteiger partial charge in [0, 0.05) is 39.4 Å². The number of carbonyl (C=O) groups excluding carboxylic acids is 1. The minimum Gasteiger partial charge on any atom is -0.348 e. The normalized spacial score (nSPS) is 18.7. The van der Waals surface area contributed by atoms with Crippen LogP contribution >= 0.6 is 27.3 Å². The number of carbonyl (C=O) groups is 1. The molecule has 0 spiro atoms. The lowest BCUT2D eigenvalue weighted by Crippen LogP contribution is -2.48. The maximum atomic E-state index is 12.2. The van der Waals surface area contributed by atoms with Crippen molar-refractivity contribution in [1.82, 2.24) is 9.62 Å². The van der Waals surface area contributed by atoms with Crippen molar-refractivity contribution in [2.75, 3.05) is 19.3 Å². The average molecular weight is 469 g/mol. The Morgan fingerprint density at radius 1 is 1.26 bits per heavy atom. The van der Waals surface area contributed by atoms with Crippen LogP contribution in [0.1, 0.15) is 17.7 Å². The van der Waals surface area contributed by atoms with E-state index < -0.39 is 10.0 Å². The molecule has 144 valence electrons. The van der Waals surface area contributed by atoms with Gasteiger partial charge in [0.05, 0.1) is 6.26 Å². The summed E-state index contributed by atoms with van der Waals surface area (Å²) in [5, 5.41) is 2.90. The first kappa shape index (κ1) is 20.3. The van der Waals surface area contributed by atoms with E-state index in [2.05, 4.69) is 21.2 Å². The predicted molar refractivity (Wildman–Crippen MR) is 114 cm³/mol. The molecule has 0 aliphatic carbocycles. The second-order valence-corrected chi connectivity index (χ2v) is 10.5. The van der Waals surface area contributed by atoms with E-state index in [1.165, 1.54) is 16.6 Å². The molecule has 5 nitrogen and oxygen atoms in total. The molecule has 1 fully saturated rings. The number of sulfonamides is 1. The number of nitrogens with one attached hydrogen (secondary N) is 1. The van der Waals surface area contributed by atoms with E-state index in [0.29, 0.717) is 13.1 Å². The molecule has 1 saturated heterocycles. The highest BCUT2D eigenvalue weighted by Crippen LogP contribution is 2.29. The summed E-state index contributed by atoms with van der Waals surface area (Å²) in [7, 11) is -3.21. The van der Waals surface area contributed by atoms with Gasteiger partial charge in [-0.15, -0.1) is 11.3 Å². The van der Waals surface area contributed by atoms with Crippen molar-refractivity contribution in [2.24, 2.45) is 0 Å². The molecule has 1 unspecified atom stereocenters. The van der Waals surface area contributed by atoms with Crippen molar-refractivity contribution in [1.29, 1.82) is 0 Å². The van der Waals surface area contributed by atoms with Gasteiger partial charge >= 0.3 is 0 Å². The number of rotatable bonds is 5. The quantitative estimate of drug-likeness (QED) is 0.679. The van der Waals surface area contributed by atoms with E-state index in [0.717, 1.165) is 32.6 Å². The van der Waals surface area contributed by atoms with Gasteiger partial charge in [0.15, 0.2) is 0 Å². The van der Waals surface area contributed by atoms with Gasteiger partial charge in [0.25, 0.3) is 0 Å². The molecule has 1 aromatic heterocycles. The number of hydrogen-bond acceptors (Lipinski definition) is 4. The lowest BCUT2D eigenvalue weighted by Gasteiger charge is -2.31. The average Bonchev–Trinajstić information content (AvgIpc) is 3.09. The Balaban J connectivity index is 1.58. The first-order chi connectivity index (χ1) is 12.8. The molecule has 8 heteroatoms. The SMILES string of the molecule is CS(=O)(=O)N1CCCC(NC(=O)/C=C/c2ccc(-c3ccc(Br)cc3)s2)C1. The third-order valence-corrected chi connectivity index (χ3v) is 7.25. The van der Waals surface area contributed by atoms with Crippen molar-refractivity contribution in [3.05, 3.63) is 51.8 Å². The van der Waals surface area contributed by atoms with Gasteiger partial charge in [-0.05, 0) is 48.7 Å². The molecular formula is C19H21BrN2O3S2. The fourth-order valence-corrected chi connectivity index (χ4v) is 5.07. The zero-order valence-electron chi connectivity index (χ0n) is 14.9. The van der Waals surface area contributed by atoms with Crippen LogP contribution in [0.25, 0.3) is 16.5 Å². The van der Waals surface area contributed by atoms with Crippen LogP contribution in [0.15, 0.2) is 46.9 Å². The Hall–Kier alpha value is -1.48. The fourth-order valence-electron chi connectivity index (χ4n) is 2.98. The second-order valence-electron chi connectivity index (χ2n) is 6.51. The Bertz CT molecular complexity index is 936. The van der Waals surface area contributed by atoms with Crippen LogP contribution in [0.3, 0.4) is 0 Å². The molecule has 1 atom stereocenters. The number of halogens is 1. The molecule has 2 aromatic rings. The number of benzene rings is 1. The van der Waals surface area contributed by atoms with E-state index in [4.69, 9.17) is 0 Å². The molecule has 27 heavy (non-hydrogen) atoms. The van der Waals surface area contributed by atoms with Crippen molar-refractivity contribution in [2.45, 2.75) is 18.9 Å². The van der Waals surface area contributed by atoms with Gasteiger partial charge in [0.2, 0.25) is 15.9 Å². The molecule has 1 aliphatic rings. The topological polar surface area (TPSA) is 66.5 Å². The van der Waals surface area contributed by atoms with Crippen LogP contribution in [0.5, 0.6) is 0 Å². The highest BCUT2D eigenvalue weighted by atomic mass is 79.9. The number of amides is 1. The van der Waals surface area contributed by atoms with E-state index in [1.54, 1.807) is 17.4 Å². The molecule has 1 aliphatic heterocycles. The number of thiophene rings is 1. The third-order valence-electron chi connectivity index (χ3n) is 4.35. The molecule has 0 saturated carbocycles. The summed E-state index contributed by atoms with van der Waals surface area (Å²) in [5.74, 6) is -0.200. The molecule has 1 amide bonds. The zero-order valence-corrected chi connectivity index (χ0v) is 18.1. The maximum Gasteiger partial charge on any atom is 0.244 e. The van der Waals surface area contributed by atoms with Gasteiger partial charge in [-0.2, -0.15) is 0 Å². The molecule has 1 aromatic carbocycles. The number of piperidine rings is 1. The Morgan fingerprint density at radius 2 is 2.00 bits per heavy atom. The Morgan fingerprint density at radius 3 is 2.70 bits per heavy atom. The molecular weight excluding hydrogens is 448 g/mol. The molecule has 2 heterocycles. The summed E-state index contributed by atoms with van der Waals surface area (Å²) < 4.78 is 25.8. The lowest BCUT2D eigenvalue weighted by atomic mass is 10.1. The van der Waals surface area contributed by atoms with Crippen molar-refractivity contribution in [3.8, 4) is 10.4 Å². The Labute approximate surface area is 172 Å². The second kappa shape index (κ2) is 8.68. The highest BCUT2D eigenvalue weighted by Gasteiger charge is 2.26. The van der Waals surface area contributed by atoms with Crippen LogP contribution in [0.4, 0.5) is 0 Å². The van der Waals surface area contributed by atoms with Gasteiger partial charge in [-0.3, -0.25) is 4.79 Å². The molecule has 0 bridgehead atoms. The van der Waals surface area contributed by atoms with Crippen molar-refractivity contribution < 1.29 is 13.2 Å². The summed E-state index contributed by atoms with van der Waals surface area (Å²) in [4.78, 5) is 14.3. The maximum absolute atomic E-state index is 12.2. The summed E-state index contributed by atoms with van der Waals surface area (Å²) in [6, 6.07) is 12.0. The van der Waals surface area contributed by atoms with Crippen LogP contribution in [0.2, 0.25) is 0 Å². The van der Waals surface area contributed by atoms with Crippen molar-refractivity contribution in [3.63, 3.8) is 0 Å². The van der Waals surface area contributed by atoms with Gasteiger partial charge in [-0.25, -0.2) is 12.7 Å². The fraction of sp³-hybridized carbons (Fsp3) is 0.316. The predicted octanol–water partition coefficient (Wildman–Crippen LogP) is 3.73. The van der Waals surface area contributed by atoms with Gasteiger partial charge in [-0.1, -0.05) is 28.1 Å². The summed E-state index contributed by atoms with van der Waals surface area (Å²) in [6.45, 7) is 0.861. The van der Waals surface area contributed by atoms with Crippen LogP contribution < -0.4 is 5.32 Å². The summed E-state index contributed by atoms with van der Waals surface area (Å²) in [5.41, 5.74) is 1.13. The van der Waals surface area contributed by atoms with Gasteiger partial charge in [0.1, 0.15) is 0 Å².